The van der Waals surface area contributed by atoms with Gasteiger partial charge in [0.05, 0.1) is 26.9 Å². The van der Waals surface area contributed by atoms with Crippen molar-refractivity contribution in [1.29, 1.82) is 0 Å². The summed E-state index contributed by atoms with van der Waals surface area (Å²) >= 11 is 0. The van der Waals surface area contributed by atoms with E-state index in [0.29, 0.717) is 23.7 Å². The van der Waals surface area contributed by atoms with Crippen LogP contribution in [-0.4, -0.2) is 57.0 Å². The molecule has 0 spiro atoms. The highest BCUT2D eigenvalue weighted by Gasteiger charge is 2.32. The molecule has 1 aromatic carbocycles. The molecule has 3 amide bonds. The molecule has 1 unspecified atom stereocenters. The second-order valence-corrected chi connectivity index (χ2v) is 5.07. The van der Waals surface area contributed by atoms with Crippen molar-refractivity contribution >= 4 is 17.6 Å². The average Bonchev–Trinajstić information content (AvgIpc) is 2.92. The molecule has 3 N–H and O–H groups in total. The van der Waals surface area contributed by atoms with E-state index in [0.717, 1.165) is 0 Å². The van der Waals surface area contributed by atoms with Crippen LogP contribution in [0.3, 0.4) is 0 Å². The summed E-state index contributed by atoms with van der Waals surface area (Å²) < 4.78 is 10.4. The molecule has 0 radical (unpaired) electrons. The Bertz CT molecular complexity index is 578. The van der Waals surface area contributed by atoms with Crippen molar-refractivity contribution in [1.82, 2.24) is 10.6 Å². The fourth-order valence-electron chi connectivity index (χ4n) is 2.45. The van der Waals surface area contributed by atoms with Crippen molar-refractivity contribution in [2.24, 2.45) is 0 Å². The molecule has 1 aliphatic rings. The maximum atomic E-state index is 12.2. The molecule has 1 aliphatic heterocycles. The lowest BCUT2D eigenvalue weighted by Gasteiger charge is -2.19. The monoisotopic (exact) mass is 323 g/mol. The second kappa shape index (κ2) is 7.68. The van der Waals surface area contributed by atoms with Crippen LogP contribution in [-0.2, 0) is 4.79 Å². The van der Waals surface area contributed by atoms with E-state index in [9.17, 15) is 9.59 Å². The molecule has 2 rings (SSSR count). The van der Waals surface area contributed by atoms with E-state index < -0.39 is 6.03 Å². The molecule has 1 heterocycles. The minimum Gasteiger partial charge on any atom is -0.493 e. The number of rotatable bonds is 6. The smallest absolute Gasteiger partial charge is 0.315 e. The Kier molecular flexibility index (Phi) is 5.64. The topological polar surface area (TPSA) is 100 Å². The largest absolute Gasteiger partial charge is 0.493 e. The summed E-state index contributed by atoms with van der Waals surface area (Å²) in [4.78, 5) is 25.4. The van der Waals surface area contributed by atoms with Gasteiger partial charge in [-0.25, -0.2) is 4.79 Å². The van der Waals surface area contributed by atoms with Crippen LogP contribution >= 0.6 is 0 Å². The average molecular weight is 323 g/mol. The lowest BCUT2D eigenvalue weighted by Crippen LogP contribution is -2.44. The Balaban J connectivity index is 2.04. The minimum atomic E-state index is -0.397. The Labute approximate surface area is 134 Å². The van der Waals surface area contributed by atoms with Gasteiger partial charge in [0.2, 0.25) is 5.91 Å². The molecular formula is C15H21N3O5. The van der Waals surface area contributed by atoms with Gasteiger partial charge in [-0.3, -0.25) is 4.79 Å². The van der Waals surface area contributed by atoms with Crippen LogP contribution in [0.4, 0.5) is 10.5 Å². The predicted molar refractivity (Wildman–Crippen MR) is 83.9 cm³/mol. The predicted octanol–water partition coefficient (Wildman–Crippen LogP) is 0.101. The Morgan fingerprint density at radius 2 is 2.09 bits per heavy atom. The minimum absolute atomic E-state index is 0.0790. The summed E-state index contributed by atoms with van der Waals surface area (Å²) in [6, 6.07) is 4.55. The highest BCUT2D eigenvalue weighted by atomic mass is 16.5. The fourth-order valence-corrected chi connectivity index (χ4v) is 2.45. The SMILES string of the molecule is COc1ccc(N2CC(NC(=O)NCCO)CC2=O)cc1OC. The molecule has 8 nitrogen and oxygen atoms in total. The van der Waals surface area contributed by atoms with Crippen LogP contribution in [0.5, 0.6) is 11.5 Å². The molecule has 1 atom stereocenters. The van der Waals surface area contributed by atoms with Crippen LogP contribution in [0.2, 0.25) is 0 Å². The second-order valence-electron chi connectivity index (χ2n) is 5.07. The van der Waals surface area contributed by atoms with Crippen molar-refractivity contribution in [3.63, 3.8) is 0 Å². The third-order valence-electron chi connectivity index (χ3n) is 3.54. The highest BCUT2D eigenvalue weighted by molar-refractivity contribution is 5.97. The van der Waals surface area contributed by atoms with Crippen LogP contribution in [0.1, 0.15) is 6.42 Å². The van der Waals surface area contributed by atoms with Crippen molar-refractivity contribution in [3.8, 4) is 11.5 Å². The number of ether oxygens (including phenoxy) is 2. The van der Waals surface area contributed by atoms with E-state index in [1.54, 1.807) is 30.2 Å². The van der Waals surface area contributed by atoms with Crippen LogP contribution < -0.4 is 25.0 Å². The van der Waals surface area contributed by atoms with Gasteiger partial charge in [-0.1, -0.05) is 0 Å². The molecule has 23 heavy (non-hydrogen) atoms. The number of nitrogens with zero attached hydrogens (tertiary/aromatic N) is 1. The summed E-state index contributed by atoms with van der Waals surface area (Å²) in [5.41, 5.74) is 0.688. The Morgan fingerprint density at radius 3 is 2.74 bits per heavy atom. The maximum absolute atomic E-state index is 12.2. The van der Waals surface area contributed by atoms with Gasteiger partial charge >= 0.3 is 6.03 Å². The zero-order chi connectivity index (χ0) is 16.8. The lowest BCUT2D eigenvalue weighted by molar-refractivity contribution is -0.117. The van der Waals surface area contributed by atoms with E-state index in [-0.39, 0.29) is 31.5 Å². The van der Waals surface area contributed by atoms with Gasteiger partial charge in [0.1, 0.15) is 0 Å². The number of benzene rings is 1. The molecule has 8 heteroatoms. The number of anilines is 1. The first-order chi connectivity index (χ1) is 11.1. The number of hydrogen-bond donors (Lipinski definition) is 3. The van der Waals surface area contributed by atoms with Gasteiger partial charge in [0.25, 0.3) is 0 Å². The molecular weight excluding hydrogens is 302 g/mol. The molecule has 0 bridgehead atoms. The summed E-state index contributed by atoms with van der Waals surface area (Å²) in [6.07, 6.45) is 0.223. The number of amides is 3. The Morgan fingerprint density at radius 1 is 1.35 bits per heavy atom. The molecule has 1 saturated heterocycles. The number of methoxy groups -OCH3 is 2. The first-order valence-corrected chi connectivity index (χ1v) is 7.26. The standard InChI is InChI=1S/C15H21N3O5/c1-22-12-4-3-11(8-13(12)23-2)18-9-10(7-14(18)20)17-15(21)16-5-6-19/h3-4,8,10,19H,5-7,9H2,1-2H3,(H2,16,17,21). The van der Waals surface area contributed by atoms with E-state index in [1.165, 1.54) is 7.11 Å². The van der Waals surface area contributed by atoms with Crippen molar-refractivity contribution in [3.05, 3.63) is 18.2 Å². The van der Waals surface area contributed by atoms with E-state index in [1.807, 2.05) is 0 Å². The zero-order valence-electron chi connectivity index (χ0n) is 13.2. The van der Waals surface area contributed by atoms with E-state index in [4.69, 9.17) is 14.6 Å². The van der Waals surface area contributed by atoms with Gasteiger partial charge in [0.15, 0.2) is 11.5 Å². The first-order valence-electron chi connectivity index (χ1n) is 7.26. The van der Waals surface area contributed by atoms with Gasteiger partial charge in [-0.2, -0.15) is 0 Å². The normalized spacial score (nSPS) is 17.1. The van der Waals surface area contributed by atoms with Crippen LogP contribution in [0, 0.1) is 0 Å². The van der Waals surface area contributed by atoms with Gasteiger partial charge < -0.3 is 30.1 Å². The molecule has 0 saturated carbocycles. The fraction of sp³-hybridized carbons (Fsp3) is 0.467. The quantitative estimate of drug-likeness (QED) is 0.689. The number of carbonyl (C=O) groups excluding carboxylic acids is 2. The van der Waals surface area contributed by atoms with Gasteiger partial charge in [-0.05, 0) is 12.1 Å². The highest BCUT2D eigenvalue weighted by Crippen LogP contribution is 2.33. The molecule has 0 aliphatic carbocycles. The van der Waals surface area contributed by atoms with Crippen molar-refractivity contribution in [2.45, 2.75) is 12.5 Å². The summed E-state index contributed by atoms with van der Waals surface area (Å²) in [7, 11) is 3.08. The van der Waals surface area contributed by atoms with Gasteiger partial charge in [-0.15, -0.1) is 0 Å². The third-order valence-corrected chi connectivity index (χ3v) is 3.54. The van der Waals surface area contributed by atoms with Crippen LogP contribution in [0.15, 0.2) is 18.2 Å². The van der Waals surface area contributed by atoms with Gasteiger partial charge in [0, 0.05) is 31.3 Å². The van der Waals surface area contributed by atoms with Crippen molar-refractivity contribution < 1.29 is 24.2 Å². The molecule has 1 aromatic rings. The Hall–Kier alpha value is -2.48. The number of aliphatic hydroxyl groups is 1. The third kappa shape index (κ3) is 4.04. The number of aliphatic hydroxyl groups excluding tert-OH is 1. The summed E-state index contributed by atoms with van der Waals surface area (Å²) in [5, 5.41) is 13.9. The zero-order valence-corrected chi connectivity index (χ0v) is 13.2. The van der Waals surface area contributed by atoms with Crippen LogP contribution in [0.25, 0.3) is 0 Å². The van der Waals surface area contributed by atoms with E-state index >= 15 is 0 Å². The summed E-state index contributed by atoms with van der Waals surface area (Å²) in [6.45, 7) is 0.418. The summed E-state index contributed by atoms with van der Waals surface area (Å²) in [5.74, 6) is 1.04. The number of hydrogen-bond acceptors (Lipinski definition) is 5. The molecule has 126 valence electrons. The molecule has 1 fully saturated rings. The maximum Gasteiger partial charge on any atom is 0.315 e. The molecule has 0 aromatic heterocycles. The lowest BCUT2D eigenvalue weighted by atomic mass is 10.2. The van der Waals surface area contributed by atoms with E-state index in [2.05, 4.69) is 10.6 Å². The number of urea groups is 1. The first kappa shape index (κ1) is 16.9. The van der Waals surface area contributed by atoms with Crippen molar-refractivity contribution in [2.75, 3.05) is 38.8 Å². The number of nitrogens with one attached hydrogen (secondary N) is 2. The number of carbonyl (C=O) groups is 2.